The molecule has 0 unspecified atom stereocenters. The predicted octanol–water partition coefficient (Wildman–Crippen LogP) is 1.77. The van der Waals surface area contributed by atoms with Crippen molar-refractivity contribution in [2.24, 2.45) is 5.14 Å². The van der Waals surface area contributed by atoms with Crippen molar-refractivity contribution in [1.82, 2.24) is 9.88 Å². The number of thiazole rings is 1. The van der Waals surface area contributed by atoms with Crippen LogP contribution in [0.4, 0.5) is 18.3 Å². The number of rotatable bonds is 3. The zero-order valence-corrected chi connectivity index (χ0v) is 15.4. The highest BCUT2D eigenvalue weighted by atomic mass is 32.2. The van der Waals surface area contributed by atoms with Crippen LogP contribution < -0.4 is 10.0 Å². The number of sulfonamides is 1. The van der Waals surface area contributed by atoms with Crippen molar-refractivity contribution >= 4 is 32.4 Å². The summed E-state index contributed by atoms with van der Waals surface area (Å²) >= 11 is 0.908. The third-order valence-corrected chi connectivity index (χ3v) is 6.52. The van der Waals surface area contributed by atoms with Crippen molar-refractivity contribution in [2.75, 3.05) is 31.1 Å². The normalized spacial score (nSPS) is 15.9. The van der Waals surface area contributed by atoms with Gasteiger partial charge in [0.05, 0.1) is 17.3 Å². The Balaban J connectivity index is 1.71. The summed E-state index contributed by atoms with van der Waals surface area (Å²) in [5.74, 6) is -0.688. The van der Waals surface area contributed by atoms with Crippen molar-refractivity contribution in [3.63, 3.8) is 0 Å². The molecule has 1 fully saturated rings. The van der Waals surface area contributed by atoms with E-state index >= 15 is 0 Å². The molecule has 1 aromatic heterocycles. The molecule has 1 amide bonds. The van der Waals surface area contributed by atoms with E-state index in [1.807, 2.05) is 0 Å². The summed E-state index contributed by atoms with van der Waals surface area (Å²) in [5, 5.41) is 5.49. The average Bonchev–Trinajstić information content (AvgIpc) is 3.11. The van der Waals surface area contributed by atoms with Crippen LogP contribution in [0, 0.1) is 0 Å². The number of nitrogens with zero attached hydrogens (tertiary/aromatic N) is 3. The van der Waals surface area contributed by atoms with Crippen LogP contribution in [0.15, 0.2) is 34.7 Å². The molecule has 0 saturated carbocycles. The average molecular weight is 420 g/mol. The van der Waals surface area contributed by atoms with Crippen LogP contribution in [0.25, 0.3) is 0 Å². The number of benzene rings is 1. The first-order valence-electron chi connectivity index (χ1n) is 7.76. The van der Waals surface area contributed by atoms with Crippen LogP contribution in [0.1, 0.15) is 15.9 Å². The first-order valence-corrected chi connectivity index (χ1v) is 10.1. The number of piperazine rings is 1. The van der Waals surface area contributed by atoms with E-state index in [2.05, 4.69) is 4.98 Å². The summed E-state index contributed by atoms with van der Waals surface area (Å²) in [7, 11) is -3.84. The molecule has 146 valence electrons. The molecule has 1 saturated heterocycles. The van der Waals surface area contributed by atoms with Gasteiger partial charge in [-0.1, -0.05) is 23.5 Å². The Morgan fingerprint density at radius 2 is 1.78 bits per heavy atom. The van der Waals surface area contributed by atoms with E-state index in [0.29, 0.717) is 18.2 Å². The molecular weight excluding hydrogens is 405 g/mol. The molecule has 0 spiro atoms. The second kappa shape index (κ2) is 7.09. The number of carbonyl (C=O) groups is 1. The van der Waals surface area contributed by atoms with Crippen molar-refractivity contribution in [3.05, 3.63) is 41.6 Å². The SMILES string of the molecule is NS(=O)(=O)c1cnc(N2CCN(C(=O)c3ccccc3C(F)(F)F)CC2)s1. The molecule has 1 aliphatic heterocycles. The number of nitrogens with two attached hydrogens (primary N) is 1. The van der Waals surface area contributed by atoms with Gasteiger partial charge in [0.1, 0.15) is 0 Å². The highest BCUT2D eigenvalue weighted by Crippen LogP contribution is 2.33. The monoisotopic (exact) mass is 420 g/mol. The Morgan fingerprint density at radius 1 is 1.15 bits per heavy atom. The molecule has 12 heteroatoms. The van der Waals surface area contributed by atoms with Crippen LogP contribution >= 0.6 is 11.3 Å². The van der Waals surface area contributed by atoms with Crippen LogP contribution in [0.5, 0.6) is 0 Å². The maximum atomic E-state index is 13.1. The summed E-state index contributed by atoms with van der Waals surface area (Å²) in [5.41, 5.74) is -1.35. The number of hydrogen-bond donors (Lipinski definition) is 1. The Hall–Kier alpha value is -2.18. The summed E-state index contributed by atoms with van der Waals surface area (Å²) in [4.78, 5) is 19.7. The summed E-state index contributed by atoms with van der Waals surface area (Å²) in [6, 6.07) is 4.68. The van der Waals surface area contributed by atoms with Gasteiger partial charge in [-0.15, -0.1) is 0 Å². The van der Waals surface area contributed by atoms with E-state index in [1.165, 1.54) is 17.0 Å². The third kappa shape index (κ3) is 4.22. The van der Waals surface area contributed by atoms with Gasteiger partial charge in [0, 0.05) is 26.2 Å². The third-order valence-electron chi connectivity index (χ3n) is 4.05. The molecule has 7 nitrogen and oxygen atoms in total. The molecule has 3 rings (SSSR count). The van der Waals surface area contributed by atoms with Gasteiger partial charge in [-0.2, -0.15) is 13.2 Å². The first-order chi connectivity index (χ1) is 12.6. The second-order valence-corrected chi connectivity index (χ2v) is 8.63. The standard InChI is InChI=1S/C15H15F3N4O3S2/c16-15(17,18)11-4-2-1-3-10(11)13(23)21-5-7-22(8-6-21)14-20-9-12(26-14)27(19,24)25/h1-4,9H,5-8H2,(H2,19,24,25). The van der Waals surface area contributed by atoms with Crippen LogP contribution in [0.2, 0.25) is 0 Å². The Bertz CT molecular complexity index is 951. The minimum atomic E-state index is -4.61. The number of halogens is 3. The zero-order valence-electron chi connectivity index (χ0n) is 13.8. The number of primary sulfonamides is 1. The minimum absolute atomic E-state index is 0.0740. The molecule has 1 aromatic carbocycles. The van der Waals surface area contributed by atoms with Crippen LogP contribution in [-0.2, 0) is 16.2 Å². The van der Waals surface area contributed by atoms with Gasteiger partial charge >= 0.3 is 6.18 Å². The van der Waals surface area contributed by atoms with Gasteiger partial charge in [0.2, 0.25) is 10.0 Å². The molecule has 0 radical (unpaired) electrons. The van der Waals surface area contributed by atoms with Crippen LogP contribution in [0.3, 0.4) is 0 Å². The minimum Gasteiger partial charge on any atom is -0.345 e. The van der Waals surface area contributed by atoms with Crippen molar-refractivity contribution in [2.45, 2.75) is 10.4 Å². The van der Waals surface area contributed by atoms with Crippen molar-refractivity contribution in [3.8, 4) is 0 Å². The molecular formula is C15H15F3N4O3S2. The lowest BCUT2D eigenvalue weighted by molar-refractivity contribution is -0.138. The van der Waals surface area contributed by atoms with Gasteiger partial charge in [0.25, 0.3) is 5.91 Å². The molecule has 2 N–H and O–H groups in total. The Labute approximate surface area is 157 Å². The topological polar surface area (TPSA) is 96.6 Å². The largest absolute Gasteiger partial charge is 0.417 e. The number of hydrogen-bond acceptors (Lipinski definition) is 6. The fourth-order valence-electron chi connectivity index (χ4n) is 2.72. The van der Waals surface area contributed by atoms with E-state index in [0.717, 1.165) is 29.7 Å². The first kappa shape index (κ1) is 19.6. The fraction of sp³-hybridized carbons (Fsp3) is 0.333. The quantitative estimate of drug-likeness (QED) is 0.817. The Kier molecular flexibility index (Phi) is 5.14. The molecule has 2 aromatic rings. The lowest BCUT2D eigenvalue weighted by Crippen LogP contribution is -2.49. The molecule has 27 heavy (non-hydrogen) atoms. The van der Waals surface area contributed by atoms with Gasteiger partial charge < -0.3 is 9.80 Å². The number of amides is 1. The number of aromatic nitrogens is 1. The molecule has 1 aliphatic rings. The lowest BCUT2D eigenvalue weighted by Gasteiger charge is -2.35. The Morgan fingerprint density at radius 3 is 2.33 bits per heavy atom. The summed E-state index contributed by atoms with van der Waals surface area (Å²) in [6.45, 7) is 1.01. The smallest absolute Gasteiger partial charge is 0.345 e. The van der Waals surface area contributed by atoms with Crippen LogP contribution in [-0.4, -0.2) is 50.4 Å². The number of alkyl halides is 3. The van der Waals surface area contributed by atoms with E-state index in [-0.39, 0.29) is 22.9 Å². The number of carbonyl (C=O) groups excluding carboxylic acids is 1. The predicted molar refractivity (Wildman–Crippen MR) is 93.0 cm³/mol. The van der Waals surface area contributed by atoms with E-state index < -0.39 is 27.7 Å². The van der Waals surface area contributed by atoms with Gasteiger partial charge in [-0.25, -0.2) is 18.5 Å². The van der Waals surface area contributed by atoms with E-state index in [1.54, 1.807) is 4.90 Å². The van der Waals surface area contributed by atoms with E-state index in [9.17, 15) is 26.4 Å². The highest BCUT2D eigenvalue weighted by molar-refractivity contribution is 7.91. The molecule has 0 atom stereocenters. The summed E-state index contributed by atoms with van der Waals surface area (Å²) < 4.78 is 61.9. The lowest BCUT2D eigenvalue weighted by atomic mass is 10.1. The van der Waals surface area contributed by atoms with Crippen molar-refractivity contribution in [1.29, 1.82) is 0 Å². The zero-order chi connectivity index (χ0) is 19.8. The molecule has 0 aliphatic carbocycles. The fourth-order valence-corrected chi connectivity index (χ4v) is 4.31. The molecule has 2 heterocycles. The van der Waals surface area contributed by atoms with Gasteiger partial charge in [-0.05, 0) is 12.1 Å². The van der Waals surface area contributed by atoms with Gasteiger partial charge in [-0.3, -0.25) is 4.79 Å². The summed E-state index contributed by atoms with van der Waals surface area (Å²) in [6.07, 6.45) is -3.45. The van der Waals surface area contributed by atoms with E-state index in [4.69, 9.17) is 5.14 Å². The van der Waals surface area contributed by atoms with Gasteiger partial charge in [0.15, 0.2) is 9.34 Å². The molecule has 0 bridgehead atoms. The maximum absolute atomic E-state index is 13.1. The maximum Gasteiger partial charge on any atom is 0.417 e. The van der Waals surface area contributed by atoms with Crippen molar-refractivity contribution < 1.29 is 26.4 Å². The second-order valence-electron chi connectivity index (χ2n) is 5.83. The number of anilines is 1. The highest BCUT2D eigenvalue weighted by Gasteiger charge is 2.36.